The molecule has 2 rings (SSSR count). The Labute approximate surface area is 106 Å². The molecular weight excluding hydrogens is 268 g/mol. The molecule has 4 heteroatoms. The van der Waals surface area contributed by atoms with Gasteiger partial charge in [0.2, 0.25) is 6.33 Å². The van der Waals surface area contributed by atoms with Crippen molar-refractivity contribution in [2.45, 2.75) is 33.0 Å². The second-order valence-electron chi connectivity index (χ2n) is 3.69. The predicted molar refractivity (Wildman–Crippen MR) is 59.4 cm³/mol. The minimum Gasteiger partial charge on any atom is -1.00 e. The van der Waals surface area contributed by atoms with E-state index >= 15 is 0 Å². The van der Waals surface area contributed by atoms with E-state index in [1.807, 2.05) is 36.0 Å². The van der Waals surface area contributed by atoms with Crippen LogP contribution in [0.5, 0.6) is 0 Å². The lowest BCUT2D eigenvalue weighted by Crippen LogP contribution is -3.00. The van der Waals surface area contributed by atoms with Gasteiger partial charge >= 0.3 is 0 Å². The molecule has 1 atom stereocenters. The molecule has 1 heterocycles. The van der Waals surface area contributed by atoms with E-state index in [0.29, 0.717) is 0 Å². The maximum atomic E-state index is 9.89. The number of fused-ring (bicyclic) bond motifs is 1. The Bertz CT molecular complexity index is 467. The molecule has 1 aromatic carbocycles. The summed E-state index contributed by atoms with van der Waals surface area (Å²) in [6, 6.07) is 8.15. The molecule has 88 valence electrons. The summed E-state index contributed by atoms with van der Waals surface area (Å²) in [6.07, 6.45) is 2.28. The van der Waals surface area contributed by atoms with Gasteiger partial charge in [0.05, 0.1) is 6.54 Å². The molecule has 1 unspecified atom stereocenters. The first-order valence-corrected chi connectivity index (χ1v) is 5.45. The number of imidazole rings is 1. The molecule has 16 heavy (non-hydrogen) atoms. The number of hydrogen-bond acceptors (Lipinski definition) is 1. The van der Waals surface area contributed by atoms with Crippen molar-refractivity contribution in [1.29, 1.82) is 0 Å². The Kier molecular flexibility index (Phi) is 4.50. The van der Waals surface area contributed by atoms with E-state index in [4.69, 9.17) is 0 Å². The van der Waals surface area contributed by atoms with Crippen LogP contribution in [0, 0.1) is 0 Å². The molecule has 0 saturated carbocycles. The Balaban J connectivity index is 0.00000128. The molecule has 0 fully saturated rings. The zero-order chi connectivity index (χ0) is 10.8. The Hall–Kier alpha value is -0.870. The minimum absolute atomic E-state index is 0. The SMILES string of the molecule is CCC(O)n1c[n+](CC)c2ccccc21.[Br-]. The van der Waals surface area contributed by atoms with Crippen molar-refractivity contribution in [3.8, 4) is 0 Å². The summed E-state index contributed by atoms with van der Waals surface area (Å²) in [7, 11) is 0. The van der Waals surface area contributed by atoms with Gasteiger partial charge in [-0.3, -0.25) is 0 Å². The van der Waals surface area contributed by atoms with Crippen molar-refractivity contribution >= 4 is 11.0 Å². The molecule has 0 aliphatic rings. The third kappa shape index (κ3) is 2.13. The van der Waals surface area contributed by atoms with Crippen LogP contribution in [-0.2, 0) is 6.54 Å². The van der Waals surface area contributed by atoms with Crippen LogP contribution >= 0.6 is 0 Å². The number of hydrogen-bond donors (Lipinski definition) is 1. The van der Waals surface area contributed by atoms with Gasteiger partial charge in [-0.25, -0.2) is 9.13 Å². The van der Waals surface area contributed by atoms with Crippen LogP contribution < -0.4 is 21.5 Å². The van der Waals surface area contributed by atoms with E-state index in [1.165, 1.54) is 5.52 Å². The summed E-state index contributed by atoms with van der Waals surface area (Å²) in [5, 5.41) is 9.89. The number of benzene rings is 1. The fraction of sp³-hybridized carbons (Fsp3) is 0.417. The quantitative estimate of drug-likeness (QED) is 0.709. The van der Waals surface area contributed by atoms with E-state index < -0.39 is 6.23 Å². The van der Waals surface area contributed by atoms with Crippen LogP contribution in [0.3, 0.4) is 0 Å². The number of aromatic nitrogens is 2. The summed E-state index contributed by atoms with van der Waals surface area (Å²) in [6.45, 7) is 5.01. The minimum atomic E-state index is -0.428. The van der Waals surface area contributed by atoms with E-state index in [2.05, 4.69) is 17.6 Å². The lowest BCUT2D eigenvalue weighted by atomic mass is 10.3. The molecule has 0 spiro atoms. The molecule has 0 aliphatic heterocycles. The number of nitrogens with zero attached hydrogens (tertiary/aromatic N) is 2. The van der Waals surface area contributed by atoms with Gasteiger partial charge in [0.1, 0.15) is 0 Å². The van der Waals surface area contributed by atoms with Crippen LogP contribution in [0.25, 0.3) is 11.0 Å². The molecule has 3 nitrogen and oxygen atoms in total. The number of aryl methyl sites for hydroxylation is 1. The van der Waals surface area contributed by atoms with Crippen molar-refractivity contribution < 1.29 is 26.7 Å². The predicted octanol–water partition coefficient (Wildman–Crippen LogP) is -1.15. The molecule has 0 radical (unpaired) electrons. The molecule has 0 amide bonds. The number of aliphatic hydroxyl groups is 1. The highest BCUT2D eigenvalue weighted by Crippen LogP contribution is 2.16. The van der Waals surface area contributed by atoms with Gasteiger partial charge in [0.25, 0.3) is 0 Å². The van der Waals surface area contributed by atoms with Crippen LogP contribution in [-0.4, -0.2) is 9.67 Å². The first kappa shape index (κ1) is 13.2. The highest BCUT2D eigenvalue weighted by Gasteiger charge is 2.18. The molecule has 1 aromatic heterocycles. The highest BCUT2D eigenvalue weighted by atomic mass is 79.9. The molecular formula is C12H17BrN2O. The van der Waals surface area contributed by atoms with Crippen LogP contribution in [0.15, 0.2) is 30.6 Å². The maximum Gasteiger partial charge on any atom is 0.246 e. The summed E-state index contributed by atoms with van der Waals surface area (Å²) in [4.78, 5) is 0. The topological polar surface area (TPSA) is 29.0 Å². The van der Waals surface area contributed by atoms with E-state index in [-0.39, 0.29) is 17.0 Å². The van der Waals surface area contributed by atoms with Crippen molar-refractivity contribution in [2.24, 2.45) is 0 Å². The summed E-state index contributed by atoms with van der Waals surface area (Å²) in [5.41, 5.74) is 2.27. The van der Waals surface area contributed by atoms with Gasteiger partial charge in [-0.15, -0.1) is 0 Å². The number of aliphatic hydroxyl groups excluding tert-OH is 1. The Morgan fingerprint density at radius 1 is 1.31 bits per heavy atom. The third-order valence-corrected chi connectivity index (χ3v) is 2.76. The van der Waals surface area contributed by atoms with E-state index in [9.17, 15) is 5.11 Å². The fourth-order valence-electron chi connectivity index (χ4n) is 1.89. The molecule has 0 saturated heterocycles. The molecule has 0 bridgehead atoms. The summed E-state index contributed by atoms with van der Waals surface area (Å²) < 4.78 is 4.08. The van der Waals surface area contributed by atoms with Gasteiger partial charge in [-0.05, 0) is 19.1 Å². The zero-order valence-electron chi connectivity index (χ0n) is 9.60. The van der Waals surface area contributed by atoms with Crippen LogP contribution in [0.4, 0.5) is 0 Å². The van der Waals surface area contributed by atoms with E-state index in [0.717, 1.165) is 18.5 Å². The molecule has 2 aromatic rings. The van der Waals surface area contributed by atoms with Gasteiger partial charge in [0, 0.05) is 6.42 Å². The largest absolute Gasteiger partial charge is 1.00 e. The second kappa shape index (κ2) is 5.46. The summed E-state index contributed by atoms with van der Waals surface area (Å²) in [5.74, 6) is 0. The third-order valence-electron chi connectivity index (χ3n) is 2.76. The normalized spacial score (nSPS) is 12.4. The van der Waals surface area contributed by atoms with Gasteiger partial charge in [-0.2, -0.15) is 0 Å². The first-order valence-electron chi connectivity index (χ1n) is 5.45. The first-order chi connectivity index (χ1) is 7.27. The van der Waals surface area contributed by atoms with Crippen molar-refractivity contribution in [1.82, 2.24) is 4.57 Å². The van der Waals surface area contributed by atoms with Gasteiger partial charge < -0.3 is 22.1 Å². The average molecular weight is 285 g/mol. The van der Waals surface area contributed by atoms with Crippen LogP contribution in [0.2, 0.25) is 0 Å². The molecule has 0 aliphatic carbocycles. The van der Waals surface area contributed by atoms with Crippen molar-refractivity contribution in [3.63, 3.8) is 0 Å². The average Bonchev–Trinajstić information content (AvgIpc) is 2.67. The Morgan fingerprint density at radius 2 is 2.00 bits per heavy atom. The lowest BCUT2D eigenvalue weighted by Gasteiger charge is -2.02. The van der Waals surface area contributed by atoms with Crippen molar-refractivity contribution in [2.75, 3.05) is 0 Å². The number of halogens is 1. The van der Waals surface area contributed by atoms with Gasteiger partial charge in [0.15, 0.2) is 17.3 Å². The van der Waals surface area contributed by atoms with Crippen LogP contribution in [0.1, 0.15) is 26.5 Å². The number of para-hydroxylation sites is 2. The smallest absolute Gasteiger partial charge is 0.246 e. The summed E-state index contributed by atoms with van der Waals surface area (Å²) >= 11 is 0. The maximum absolute atomic E-state index is 9.89. The second-order valence-corrected chi connectivity index (χ2v) is 3.69. The fourth-order valence-corrected chi connectivity index (χ4v) is 1.89. The standard InChI is InChI=1S/C12H17N2O.BrH/c1-3-12(15)14-9-13(4-2)10-7-5-6-8-11(10)14;/h5-9,12,15H,3-4H2,1-2H3;1H/q+1;/p-1. The zero-order valence-corrected chi connectivity index (χ0v) is 11.2. The number of rotatable bonds is 3. The van der Waals surface area contributed by atoms with Crippen molar-refractivity contribution in [3.05, 3.63) is 30.6 Å². The highest BCUT2D eigenvalue weighted by molar-refractivity contribution is 5.71. The molecule has 1 N–H and O–H groups in total. The van der Waals surface area contributed by atoms with E-state index in [1.54, 1.807) is 0 Å². The van der Waals surface area contributed by atoms with Gasteiger partial charge in [-0.1, -0.05) is 19.1 Å². The lowest BCUT2D eigenvalue weighted by molar-refractivity contribution is -0.669. The Morgan fingerprint density at radius 3 is 2.62 bits per heavy atom. The monoisotopic (exact) mass is 284 g/mol.